The zero-order valence-corrected chi connectivity index (χ0v) is 26.6. The topological polar surface area (TPSA) is 56.3 Å². The molecule has 3 aliphatic rings. The fourth-order valence-corrected chi connectivity index (χ4v) is 8.06. The summed E-state index contributed by atoms with van der Waals surface area (Å²) in [6.07, 6.45) is 0.885. The highest BCUT2D eigenvalue weighted by atomic mass is 32.2. The second kappa shape index (κ2) is 13.0. The van der Waals surface area contributed by atoms with E-state index in [4.69, 9.17) is 22.1 Å². The largest absolute Gasteiger partial charge is 0.481 e. The first-order chi connectivity index (χ1) is 20.9. The Hall–Kier alpha value is -3.50. The van der Waals surface area contributed by atoms with Crippen LogP contribution in [0.4, 0.5) is 22.7 Å². The van der Waals surface area contributed by atoms with E-state index in [0.29, 0.717) is 0 Å². The van der Waals surface area contributed by atoms with Crippen LogP contribution in [0.1, 0.15) is 11.1 Å². The molecule has 3 heterocycles. The van der Waals surface area contributed by atoms with Gasteiger partial charge in [0.15, 0.2) is 0 Å². The minimum absolute atomic E-state index is 0.0629. The predicted molar refractivity (Wildman–Crippen MR) is 180 cm³/mol. The van der Waals surface area contributed by atoms with Crippen LogP contribution in [0.3, 0.4) is 0 Å². The number of carbonyl (C=O) groups is 1. The maximum absolute atomic E-state index is 10.8. The van der Waals surface area contributed by atoms with E-state index < -0.39 is 5.97 Å². The number of anilines is 4. The third-order valence-electron chi connectivity index (χ3n) is 7.74. The number of hydrogen-bond acceptors (Lipinski definition) is 7. The number of carboxylic acids is 1. The molecule has 4 aromatic carbocycles. The minimum Gasteiger partial charge on any atom is -0.481 e. The molecule has 0 unspecified atom stereocenters. The average Bonchev–Trinajstić information content (AvgIpc) is 3.02. The van der Waals surface area contributed by atoms with Gasteiger partial charge in [0, 0.05) is 53.2 Å². The quantitative estimate of drug-likeness (QED) is 0.230. The van der Waals surface area contributed by atoms with Gasteiger partial charge in [-0.25, -0.2) is 0 Å². The van der Waals surface area contributed by atoms with Crippen molar-refractivity contribution in [2.45, 2.75) is 32.4 Å². The van der Waals surface area contributed by atoms with Crippen LogP contribution in [-0.4, -0.2) is 61.4 Å². The van der Waals surface area contributed by atoms with E-state index in [1.54, 1.807) is 11.8 Å². The van der Waals surface area contributed by atoms with Crippen LogP contribution in [0.5, 0.6) is 0 Å². The molecule has 1 fully saturated rings. The molecule has 0 amide bonds. The molecule has 0 radical (unpaired) electrons. The summed E-state index contributed by atoms with van der Waals surface area (Å²) in [5.74, 6) is -0.800. The Labute approximate surface area is 266 Å². The number of morpholine rings is 1. The molecule has 7 rings (SSSR count). The summed E-state index contributed by atoms with van der Waals surface area (Å²) in [5, 5.41) is 8.88. The lowest BCUT2D eigenvalue weighted by Gasteiger charge is -2.31. The van der Waals surface area contributed by atoms with Crippen molar-refractivity contribution >= 4 is 69.4 Å². The van der Waals surface area contributed by atoms with Gasteiger partial charge >= 0.3 is 5.97 Å². The number of fused-ring (bicyclic) bond motifs is 4. The molecule has 0 bridgehead atoms. The van der Waals surface area contributed by atoms with Crippen LogP contribution < -0.4 is 9.80 Å². The minimum atomic E-state index is -0.800. The van der Waals surface area contributed by atoms with E-state index in [2.05, 4.69) is 76.3 Å². The molecule has 0 saturated carbocycles. The number of aliphatic carboxylic acids is 1. The summed E-state index contributed by atoms with van der Waals surface area (Å²) in [6.45, 7) is 3.38. The molecule has 0 atom stereocenters. The fourth-order valence-electron chi connectivity index (χ4n) is 5.45. The van der Waals surface area contributed by atoms with Gasteiger partial charge in [-0.15, -0.1) is 0 Å². The van der Waals surface area contributed by atoms with E-state index in [9.17, 15) is 4.79 Å². The number of ether oxygens (including phenoxy) is 1. The fraction of sp³-hybridized carbons (Fsp3) is 0.235. The third-order valence-corrected chi connectivity index (χ3v) is 10.4. The Morgan fingerprint density at radius 2 is 1.19 bits per heavy atom. The number of nitrogens with zero attached hydrogens (tertiary/aromatic N) is 3. The summed E-state index contributed by atoms with van der Waals surface area (Å²) < 4.78 is 5.41. The molecule has 0 aromatic heterocycles. The van der Waals surface area contributed by atoms with Crippen molar-refractivity contribution < 1.29 is 14.6 Å². The Bertz CT molecular complexity index is 1670. The van der Waals surface area contributed by atoms with Crippen molar-refractivity contribution in [2.24, 2.45) is 0 Å². The number of thiocarbonyl (C=S) groups is 1. The molecular formula is C34H33N3O3S3. The SMILES string of the molecule is CN1c2ccccc2Sc2ccc(CC(=O)O)cc21.CN1c2ccccc2Sc2ccc(CC(=S)N3CCOCC3)cc21. The van der Waals surface area contributed by atoms with Crippen LogP contribution in [0, 0.1) is 0 Å². The van der Waals surface area contributed by atoms with Crippen molar-refractivity contribution in [3.8, 4) is 0 Å². The Balaban J connectivity index is 0.000000157. The molecule has 220 valence electrons. The van der Waals surface area contributed by atoms with Gasteiger partial charge in [-0.05, 0) is 59.7 Å². The second-order valence-corrected chi connectivity index (χ2v) is 13.2. The molecule has 1 N–H and O–H groups in total. The summed E-state index contributed by atoms with van der Waals surface area (Å²) in [6, 6.07) is 29.4. The molecule has 6 nitrogen and oxygen atoms in total. The van der Waals surface area contributed by atoms with Crippen LogP contribution in [0.15, 0.2) is 105 Å². The van der Waals surface area contributed by atoms with E-state index in [-0.39, 0.29) is 6.42 Å². The van der Waals surface area contributed by atoms with E-state index in [1.807, 2.05) is 49.1 Å². The van der Waals surface area contributed by atoms with Gasteiger partial charge < -0.3 is 24.5 Å². The van der Waals surface area contributed by atoms with Crippen molar-refractivity contribution in [3.05, 3.63) is 96.1 Å². The van der Waals surface area contributed by atoms with Gasteiger partial charge in [-0.2, -0.15) is 0 Å². The van der Waals surface area contributed by atoms with E-state index >= 15 is 0 Å². The van der Waals surface area contributed by atoms with Crippen LogP contribution >= 0.6 is 35.7 Å². The molecule has 3 aliphatic heterocycles. The third kappa shape index (κ3) is 6.55. The maximum atomic E-state index is 10.8. The monoisotopic (exact) mass is 627 g/mol. The number of para-hydroxylation sites is 2. The number of carboxylic acid groups (broad SMARTS) is 1. The number of benzene rings is 4. The van der Waals surface area contributed by atoms with Crippen LogP contribution in [0.25, 0.3) is 0 Å². The van der Waals surface area contributed by atoms with Crippen molar-refractivity contribution in [1.29, 1.82) is 0 Å². The first-order valence-corrected chi connectivity index (χ1v) is 16.3. The highest BCUT2D eigenvalue weighted by Gasteiger charge is 2.22. The Morgan fingerprint density at radius 1 is 0.721 bits per heavy atom. The highest BCUT2D eigenvalue weighted by Crippen LogP contribution is 2.48. The number of rotatable bonds is 4. The first kappa shape index (κ1) is 29.6. The summed E-state index contributed by atoms with van der Waals surface area (Å²) in [5.41, 5.74) is 6.87. The van der Waals surface area contributed by atoms with Gasteiger partial charge in [-0.3, -0.25) is 4.79 Å². The molecule has 4 aromatic rings. The number of hydrogen-bond donors (Lipinski definition) is 1. The lowest BCUT2D eigenvalue weighted by molar-refractivity contribution is -0.136. The molecule has 1 saturated heterocycles. The average molecular weight is 628 g/mol. The Kier molecular flexibility index (Phi) is 8.95. The lowest BCUT2D eigenvalue weighted by Crippen LogP contribution is -2.40. The lowest BCUT2D eigenvalue weighted by atomic mass is 10.1. The molecule has 43 heavy (non-hydrogen) atoms. The Morgan fingerprint density at radius 3 is 1.70 bits per heavy atom. The van der Waals surface area contributed by atoms with Gasteiger partial charge in [0.25, 0.3) is 0 Å². The standard InChI is InChI=1S/C19H20N2OS2.C15H13NO2S/c1-20-15-4-2-3-5-17(15)24-18-7-6-14(12-16(18)20)13-19(23)21-8-10-22-11-9-21;1-16-11-4-2-3-5-13(11)19-14-7-6-10(8-12(14)16)9-15(17)18/h2-7,12H,8-11,13H2,1H3;2-8H,9H2,1H3,(H,17,18). The molecule has 0 spiro atoms. The normalized spacial score (nSPS) is 14.9. The molecule has 0 aliphatic carbocycles. The van der Waals surface area contributed by atoms with Crippen molar-refractivity contribution in [2.75, 3.05) is 50.2 Å². The van der Waals surface area contributed by atoms with Crippen LogP contribution in [-0.2, 0) is 22.4 Å². The van der Waals surface area contributed by atoms with Gasteiger partial charge in [0.05, 0.1) is 47.4 Å². The zero-order valence-electron chi connectivity index (χ0n) is 24.2. The highest BCUT2D eigenvalue weighted by molar-refractivity contribution is 8.00. The summed E-state index contributed by atoms with van der Waals surface area (Å²) in [4.78, 5) is 23.5. The summed E-state index contributed by atoms with van der Waals surface area (Å²) in [7, 11) is 4.16. The maximum Gasteiger partial charge on any atom is 0.307 e. The van der Waals surface area contributed by atoms with Gasteiger partial charge in [0.2, 0.25) is 0 Å². The van der Waals surface area contributed by atoms with Crippen molar-refractivity contribution in [1.82, 2.24) is 4.90 Å². The molecular weight excluding hydrogens is 595 g/mol. The van der Waals surface area contributed by atoms with Crippen molar-refractivity contribution in [3.63, 3.8) is 0 Å². The first-order valence-electron chi connectivity index (χ1n) is 14.2. The second-order valence-electron chi connectivity index (χ2n) is 10.6. The van der Waals surface area contributed by atoms with Gasteiger partial charge in [0.1, 0.15) is 0 Å². The van der Waals surface area contributed by atoms with E-state index in [0.717, 1.165) is 59.5 Å². The van der Waals surface area contributed by atoms with E-state index in [1.165, 1.54) is 31.6 Å². The predicted octanol–water partition coefficient (Wildman–Crippen LogP) is 7.67. The van der Waals surface area contributed by atoms with Gasteiger partial charge in [-0.1, -0.05) is 72.1 Å². The molecule has 9 heteroatoms. The smallest absolute Gasteiger partial charge is 0.307 e. The summed E-state index contributed by atoms with van der Waals surface area (Å²) >= 11 is 9.22. The van der Waals surface area contributed by atoms with Crippen LogP contribution in [0.2, 0.25) is 0 Å². The zero-order chi connectivity index (χ0) is 29.9.